The van der Waals surface area contributed by atoms with E-state index in [-0.39, 0.29) is 23.8 Å². The second-order valence-electron chi connectivity index (χ2n) is 11.3. The summed E-state index contributed by atoms with van der Waals surface area (Å²) in [5.41, 5.74) is 1.60. The maximum Gasteiger partial charge on any atom is 0.239 e. The Morgan fingerprint density at radius 2 is 1.42 bits per heavy atom. The predicted octanol–water partition coefficient (Wildman–Crippen LogP) is 2.64. The number of amides is 2. The monoisotopic (exact) mass is 452 g/mol. The lowest BCUT2D eigenvalue weighted by molar-refractivity contribution is -0.131. The zero-order chi connectivity index (χ0) is 22.7. The second kappa shape index (κ2) is 10.1. The van der Waals surface area contributed by atoms with Gasteiger partial charge in [0.05, 0.1) is 6.54 Å². The molecule has 180 valence electrons. The lowest BCUT2D eigenvalue weighted by Crippen LogP contribution is -2.49. The Morgan fingerprint density at radius 3 is 2.06 bits per heavy atom. The van der Waals surface area contributed by atoms with Crippen LogP contribution < -0.4 is 10.6 Å². The minimum Gasteiger partial charge on any atom is -0.353 e. The Bertz CT molecular complexity index is 783. The van der Waals surface area contributed by atoms with E-state index < -0.39 is 0 Å². The summed E-state index contributed by atoms with van der Waals surface area (Å²) in [7, 11) is 0. The Balaban J connectivity index is 0.948. The lowest BCUT2D eigenvalue weighted by Gasteiger charge is -2.56. The zero-order valence-corrected chi connectivity index (χ0v) is 19.9. The Labute approximate surface area is 198 Å². The van der Waals surface area contributed by atoms with E-state index in [0.717, 1.165) is 57.0 Å². The molecule has 6 rings (SSSR count). The van der Waals surface area contributed by atoms with E-state index in [2.05, 4.69) is 50.8 Å². The molecule has 0 aromatic heterocycles. The van der Waals surface area contributed by atoms with Crippen molar-refractivity contribution in [2.75, 3.05) is 45.8 Å². The van der Waals surface area contributed by atoms with Crippen LogP contribution in [0.5, 0.6) is 0 Å². The highest BCUT2D eigenvalue weighted by Gasteiger charge is 2.51. The molecule has 1 heterocycles. The number of nitrogens with zero attached hydrogens (tertiary/aromatic N) is 2. The molecule has 5 aliphatic rings. The number of benzene rings is 1. The predicted molar refractivity (Wildman–Crippen MR) is 129 cm³/mol. The van der Waals surface area contributed by atoms with Gasteiger partial charge in [-0.2, -0.15) is 0 Å². The van der Waals surface area contributed by atoms with Gasteiger partial charge in [0.1, 0.15) is 0 Å². The van der Waals surface area contributed by atoms with Crippen molar-refractivity contribution in [1.29, 1.82) is 0 Å². The summed E-state index contributed by atoms with van der Waals surface area (Å²) in [6.07, 6.45) is 8.50. The van der Waals surface area contributed by atoms with Crippen LogP contribution in [-0.2, 0) is 16.1 Å². The fourth-order valence-corrected chi connectivity index (χ4v) is 7.52. The summed E-state index contributed by atoms with van der Waals surface area (Å²) in [5.74, 6) is 2.56. The fraction of sp³-hybridized carbons (Fsp3) is 0.704. The van der Waals surface area contributed by atoms with Gasteiger partial charge in [-0.05, 0) is 67.3 Å². The number of hydrogen-bond donors (Lipinski definition) is 2. The first kappa shape index (κ1) is 22.9. The minimum absolute atomic E-state index is 0.0710. The smallest absolute Gasteiger partial charge is 0.239 e. The molecule has 6 heteroatoms. The van der Waals surface area contributed by atoms with Crippen LogP contribution in [0, 0.1) is 23.2 Å². The number of carbonyl (C=O) groups excluding carboxylic acids is 2. The molecule has 6 nitrogen and oxygen atoms in total. The van der Waals surface area contributed by atoms with Gasteiger partial charge in [0.15, 0.2) is 0 Å². The fourth-order valence-electron chi connectivity index (χ4n) is 7.52. The van der Waals surface area contributed by atoms with Crippen LogP contribution in [0.15, 0.2) is 30.3 Å². The average Bonchev–Trinajstić information content (AvgIpc) is 2.78. The maximum atomic E-state index is 12.6. The molecule has 0 unspecified atom stereocenters. The van der Waals surface area contributed by atoms with E-state index in [0.29, 0.717) is 13.0 Å². The highest BCUT2D eigenvalue weighted by molar-refractivity contribution is 5.84. The van der Waals surface area contributed by atoms with Gasteiger partial charge in [0, 0.05) is 52.2 Å². The van der Waals surface area contributed by atoms with Crippen LogP contribution in [-0.4, -0.2) is 67.4 Å². The molecule has 1 aromatic carbocycles. The first-order chi connectivity index (χ1) is 16.1. The average molecular weight is 453 g/mol. The summed E-state index contributed by atoms with van der Waals surface area (Å²) < 4.78 is 0. The van der Waals surface area contributed by atoms with Crippen molar-refractivity contribution >= 4 is 11.8 Å². The molecule has 1 saturated heterocycles. The van der Waals surface area contributed by atoms with Gasteiger partial charge in [0.2, 0.25) is 11.8 Å². The lowest BCUT2D eigenvalue weighted by atomic mass is 9.49. The summed E-state index contributed by atoms with van der Waals surface area (Å²) in [6, 6.07) is 10.6. The molecule has 33 heavy (non-hydrogen) atoms. The van der Waals surface area contributed by atoms with E-state index in [1.165, 1.54) is 44.1 Å². The number of carbonyl (C=O) groups is 2. The second-order valence-corrected chi connectivity index (χ2v) is 11.3. The first-order valence-electron chi connectivity index (χ1n) is 13.1. The molecular weight excluding hydrogens is 412 g/mol. The van der Waals surface area contributed by atoms with Crippen molar-refractivity contribution in [3.05, 3.63) is 35.9 Å². The quantitative estimate of drug-likeness (QED) is 0.605. The third kappa shape index (κ3) is 5.96. The highest BCUT2D eigenvalue weighted by Crippen LogP contribution is 2.61. The van der Waals surface area contributed by atoms with Crippen LogP contribution in [0.4, 0.5) is 0 Å². The summed E-state index contributed by atoms with van der Waals surface area (Å²) in [6.45, 7) is 6.81. The van der Waals surface area contributed by atoms with Crippen LogP contribution in [0.2, 0.25) is 0 Å². The maximum absolute atomic E-state index is 12.6. The number of piperazine rings is 1. The molecule has 2 N–H and O–H groups in total. The number of hydrogen-bond acceptors (Lipinski definition) is 4. The Kier molecular flexibility index (Phi) is 7.02. The molecule has 0 atom stereocenters. The standard InChI is InChI=1S/C27H40N4O2/c32-25(18-27-15-22-12-23(16-27)14-24(13-22)17-27)29-19-26(33)28-6-7-30-8-10-31(11-9-30)20-21-4-2-1-3-5-21/h1-5,22-24H,6-20H2,(H,28,33)(H,29,32). The van der Waals surface area contributed by atoms with Gasteiger partial charge in [-0.1, -0.05) is 30.3 Å². The van der Waals surface area contributed by atoms with Gasteiger partial charge in [-0.15, -0.1) is 0 Å². The molecule has 0 spiro atoms. The van der Waals surface area contributed by atoms with E-state index in [4.69, 9.17) is 0 Å². The highest BCUT2D eigenvalue weighted by atomic mass is 16.2. The SMILES string of the molecule is O=C(CNC(=O)CC12CC3CC(CC(C3)C1)C2)NCCN1CCN(Cc2ccccc2)CC1. The van der Waals surface area contributed by atoms with Gasteiger partial charge >= 0.3 is 0 Å². The van der Waals surface area contributed by atoms with Crippen molar-refractivity contribution in [1.82, 2.24) is 20.4 Å². The van der Waals surface area contributed by atoms with Crippen LogP contribution in [0.25, 0.3) is 0 Å². The largest absolute Gasteiger partial charge is 0.353 e. The van der Waals surface area contributed by atoms with Crippen LogP contribution >= 0.6 is 0 Å². The summed E-state index contributed by atoms with van der Waals surface area (Å²) in [4.78, 5) is 29.8. The molecule has 1 aromatic rings. The van der Waals surface area contributed by atoms with Crippen molar-refractivity contribution in [3.63, 3.8) is 0 Å². The van der Waals surface area contributed by atoms with Gasteiger partial charge in [-0.25, -0.2) is 0 Å². The van der Waals surface area contributed by atoms with Gasteiger partial charge in [0.25, 0.3) is 0 Å². The summed E-state index contributed by atoms with van der Waals surface area (Å²) in [5, 5.41) is 5.89. The van der Waals surface area contributed by atoms with E-state index in [1.807, 2.05) is 0 Å². The zero-order valence-electron chi connectivity index (χ0n) is 19.9. The summed E-state index contributed by atoms with van der Waals surface area (Å²) >= 11 is 0. The molecule has 4 aliphatic carbocycles. The topological polar surface area (TPSA) is 64.7 Å². The molecule has 4 saturated carbocycles. The van der Waals surface area contributed by atoms with Crippen molar-refractivity contribution in [3.8, 4) is 0 Å². The Morgan fingerprint density at radius 1 is 0.818 bits per heavy atom. The Hall–Kier alpha value is -1.92. The van der Waals surface area contributed by atoms with Crippen LogP contribution in [0.1, 0.15) is 50.5 Å². The number of rotatable bonds is 9. The molecule has 1 aliphatic heterocycles. The van der Waals surface area contributed by atoms with E-state index in [1.54, 1.807) is 0 Å². The third-order valence-electron chi connectivity index (χ3n) is 8.61. The van der Waals surface area contributed by atoms with Crippen molar-refractivity contribution < 1.29 is 9.59 Å². The van der Waals surface area contributed by atoms with Gasteiger partial charge in [-0.3, -0.25) is 19.4 Å². The molecule has 2 amide bonds. The molecule has 4 bridgehead atoms. The first-order valence-corrected chi connectivity index (χ1v) is 13.1. The number of nitrogens with one attached hydrogen (secondary N) is 2. The van der Waals surface area contributed by atoms with Crippen LogP contribution in [0.3, 0.4) is 0 Å². The normalized spacial score (nSPS) is 31.5. The van der Waals surface area contributed by atoms with Crippen molar-refractivity contribution in [2.24, 2.45) is 23.2 Å². The molecule has 5 fully saturated rings. The van der Waals surface area contributed by atoms with E-state index in [9.17, 15) is 9.59 Å². The minimum atomic E-state index is -0.0726. The third-order valence-corrected chi connectivity index (χ3v) is 8.61. The molecular formula is C27H40N4O2. The van der Waals surface area contributed by atoms with E-state index >= 15 is 0 Å². The van der Waals surface area contributed by atoms with Crippen molar-refractivity contribution in [2.45, 2.75) is 51.5 Å². The molecule has 0 radical (unpaired) electrons. The van der Waals surface area contributed by atoms with Gasteiger partial charge < -0.3 is 10.6 Å².